The summed E-state index contributed by atoms with van der Waals surface area (Å²) in [5.74, 6) is 0.605. The van der Waals surface area contributed by atoms with Crippen LogP contribution in [0, 0.1) is 5.82 Å². The molecule has 5 aromatic rings. The number of rotatable bonds is 7. The van der Waals surface area contributed by atoms with Crippen LogP contribution in [0.25, 0.3) is 21.1 Å². The van der Waals surface area contributed by atoms with Gasteiger partial charge in [-0.15, -0.1) is 0 Å². The Morgan fingerprint density at radius 1 is 1.18 bits per heavy atom. The Kier molecular flexibility index (Phi) is 5.57. The van der Waals surface area contributed by atoms with Crippen molar-refractivity contribution < 1.29 is 13.9 Å². The van der Waals surface area contributed by atoms with Crippen LogP contribution in [0.1, 0.15) is 6.92 Å². The lowest BCUT2D eigenvalue weighted by molar-refractivity contribution is -0.118. The molecule has 2 N–H and O–H groups in total. The maximum absolute atomic E-state index is 14.9. The molecule has 0 fully saturated rings. The summed E-state index contributed by atoms with van der Waals surface area (Å²) >= 11 is 1.36. The summed E-state index contributed by atoms with van der Waals surface area (Å²) in [4.78, 5) is 19.8. The number of fused-ring (bicyclic) bond motifs is 2. The standard InChI is InChI=1S/C23H19FN6O2S/c1-14(31)25-8-10-30-9-7-18-22(30)23(27-13-26-18)29-15-5-6-20(17(24)11-15)32-19-3-2-4-21-16(19)12-28-33-21/h2-7,9,11-13H,8,10H2,1H3,(H,25,31)(H,26,27,29). The molecule has 33 heavy (non-hydrogen) atoms. The number of aromatic nitrogens is 4. The molecule has 0 spiro atoms. The third-order valence-corrected chi connectivity index (χ3v) is 5.81. The van der Waals surface area contributed by atoms with Gasteiger partial charge in [0.2, 0.25) is 5.91 Å². The van der Waals surface area contributed by atoms with Gasteiger partial charge in [-0.25, -0.2) is 14.4 Å². The number of nitrogens with one attached hydrogen (secondary N) is 2. The summed E-state index contributed by atoms with van der Waals surface area (Å²) in [6, 6.07) is 12.1. The number of hydrogen-bond acceptors (Lipinski definition) is 7. The van der Waals surface area contributed by atoms with Gasteiger partial charge in [0.25, 0.3) is 0 Å². The lowest BCUT2D eigenvalue weighted by atomic mass is 10.2. The number of halogens is 1. The van der Waals surface area contributed by atoms with E-state index in [1.807, 2.05) is 29.0 Å². The zero-order valence-electron chi connectivity index (χ0n) is 17.6. The van der Waals surface area contributed by atoms with Gasteiger partial charge in [0.15, 0.2) is 17.4 Å². The molecule has 0 atom stereocenters. The van der Waals surface area contributed by atoms with Crippen molar-refractivity contribution >= 4 is 50.1 Å². The van der Waals surface area contributed by atoms with Crippen molar-refractivity contribution in [2.75, 3.05) is 11.9 Å². The SMILES string of the molecule is CC(=O)NCCn1ccc2ncnc(Nc3ccc(Oc4cccc5sncc45)c(F)c3)c21. The van der Waals surface area contributed by atoms with Gasteiger partial charge < -0.3 is 19.9 Å². The summed E-state index contributed by atoms with van der Waals surface area (Å²) in [7, 11) is 0. The first kappa shape index (κ1) is 20.8. The number of nitrogens with zero attached hydrogens (tertiary/aromatic N) is 4. The lowest BCUT2D eigenvalue weighted by Crippen LogP contribution is -2.24. The Labute approximate surface area is 192 Å². The fourth-order valence-electron chi connectivity index (χ4n) is 3.53. The summed E-state index contributed by atoms with van der Waals surface area (Å²) < 4.78 is 27.8. The zero-order chi connectivity index (χ0) is 22.8. The average molecular weight is 463 g/mol. The van der Waals surface area contributed by atoms with Crippen LogP contribution < -0.4 is 15.4 Å². The van der Waals surface area contributed by atoms with Crippen molar-refractivity contribution in [3.63, 3.8) is 0 Å². The second-order valence-corrected chi connectivity index (χ2v) is 8.15. The number of amides is 1. The third kappa shape index (κ3) is 4.33. The van der Waals surface area contributed by atoms with Crippen LogP contribution in [0.5, 0.6) is 11.5 Å². The number of ether oxygens (including phenoxy) is 1. The van der Waals surface area contributed by atoms with Gasteiger partial charge in [0.05, 0.1) is 21.8 Å². The van der Waals surface area contributed by atoms with Crippen LogP contribution in [-0.2, 0) is 11.3 Å². The van der Waals surface area contributed by atoms with E-state index in [2.05, 4.69) is 25.0 Å². The molecular weight excluding hydrogens is 443 g/mol. The highest BCUT2D eigenvalue weighted by Crippen LogP contribution is 2.34. The molecule has 0 saturated heterocycles. The summed E-state index contributed by atoms with van der Waals surface area (Å²) in [5, 5.41) is 6.78. The topological polar surface area (TPSA) is 94.0 Å². The molecule has 3 aromatic heterocycles. The van der Waals surface area contributed by atoms with Gasteiger partial charge in [-0.05, 0) is 41.9 Å². The Bertz CT molecular complexity index is 1460. The molecule has 10 heteroatoms. The van der Waals surface area contributed by atoms with E-state index >= 15 is 0 Å². The number of hydrogen-bond donors (Lipinski definition) is 2. The van der Waals surface area contributed by atoms with Gasteiger partial charge >= 0.3 is 0 Å². The van der Waals surface area contributed by atoms with Crippen molar-refractivity contribution in [2.24, 2.45) is 0 Å². The van der Waals surface area contributed by atoms with E-state index in [1.165, 1.54) is 30.8 Å². The van der Waals surface area contributed by atoms with Crippen molar-refractivity contribution in [3.8, 4) is 11.5 Å². The third-order valence-electron chi connectivity index (χ3n) is 5.05. The van der Waals surface area contributed by atoms with Crippen LogP contribution in [0.4, 0.5) is 15.9 Å². The molecule has 0 radical (unpaired) electrons. The van der Waals surface area contributed by atoms with Gasteiger partial charge in [-0.2, -0.15) is 4.37 Å². The number of carbonyl (C=O) groups excluding carboxylic acids is 1. The first-order chi connectivity index (χ1) is 16.1. The Hall–Kier alpha value is -4.05. The van der Waals surface area contributed by atoms with Gasteiger partial charge in [-0.3, -0.25) is 4.79 Å². The number of anilines is 2. The second-order valence-electron chi connectivity index (χ2n) is 7.31. The van der Waals surface area contributed by atoms with E-state index in [4.69, 9.17) is 4.74 Å². The van der Waals surface area contributed by atoms with E-state index in [1.54, 1.807) is 24.4 Å². The van der Waals surface area contributed by atoms with Crippen molar-refractivity contribution in [1.82, 2.24) is 24.2 Å². The van der Waals surface area contributed by atoms with E-state index in [0.29, 0.717) is 30.3 Å². The van der Waals surface area contributed by atoms with Crippen LogP contribution in [0.3, 0.4) is 0 Å². The fraction of sp³-hybridized carbons (Fsp3) is 0.130. The van der Waals surface area contributed by atoms with E-state index in [9.17, 15) is 9.18 Å². The zero-order valence-corrected chi connectivity index (χ0v) is 18.4. The van der Waals surface area contributed by atoms with Gasteiger partial charge in [0, 0.05) is 38.0 Å². The summed E-state index contributed by atoms with van der Waals surface area (Å²) in [6.45, 7) is 2.50. The predicted octanol–water partition coefficient (Wildman–Crippen LogP) is 4.85. The molecule has 3 heterocycles. The number of benzene rings is 2. The maximum Gasteiger partial charge on any atom is 0.216 e. The molecule has 5 rings (SSSR count). The monoisotopic (exact) mass is 462 g/mol. The fourth-order valence-corrected chi connectivity index (χ4v) is 4.20. The summed E-state index contributed by atoms with van der Waals surface area (Å²) in [6.07, 6.45) is 5.04. The molecular formula is C23H19FN6O2S. The maximum atomic E-state index is 14.9. The molecule has 166 valence electrons. The largest absolute Gasteiger partial charge is 0.454 e. The Morgan fingerprint density at radius 3 is 2.94 bits per heavy atom. The highest BCUT2D eigenvalue weighted by molar-refractivity contribution is 7.13. The minimum Gasteiger partial charge on any atom is -0.454 e. The average Bonchev–Trinajstić information content (AvgIpc) is 3.44. The number of carbonyl (C=O) groups is 1. The lowest BCUT2D eigenvalue weighted by Gasteiger charge is -2.12. The minimum atomic E-state index is -0.508. The quantitative estimate of drug-likeness (QED) is 0.359. The molecule has 1 amide bonds. The minimum absolute atomic E-state index is 0.0923. The Morgan fingerprint density at radius 2 is 2.09 bits per heavy atom. The first-order valence-corrected chi connectivity index (χ1v) is 11.0. The van der Waals surface area contributed by atoms with Gasteiger partial charge in [-0.1, -0.05) is 6.07 Å². The molecule has 8 nitrogen and oxygen atoms in total. The van der Waals surface area contributed by atoms with Crippen LogP contribution in [-0.4, -0.2) is 31.4 Å². The molecule has 2 aromatic carbocycles. The molecule has 0 aliphatic carbocycles. The predicted molar refractivity (Wildman–Crippen MR) is 126 cm³/mol. The van der Waals surface area contributed by atoms with Crippen LogP contribution >= 0.6 is 11.5 Å². The van der Waals surface area contributed by atoms with Crippen LogP contribution in [0.2, 0.25) is 0 Å². The molecule has 0 unspecified atom stereocenters. The van der Waals surface area contributed by atoms with Gasteiger partial charge in [0.1, 0.15) is 17.6 Å². The summed E-state index contributed by atoms with van der Waals surface area (Å²) in [5.41, 5.74) is 2.03. The van der Waals surface area contributed by atoms with Crippen molar-refractivity contribution in [2.45, 2.75) is 13.5 Å². The smallest absolute Gasteiger partial charge is 0.216 e. The molecule has 0 bridgehead atoms. The van der Waals surface area contributed by atoms with Crippen LogP contribution in [0.15, 0.2) is 61.2 Å². The normalized spacial score (nSPS) is 11.1. The Balaban J connectivity index is 1.39. The highest BCUT2D eigenvalue weighted by atomic mass is 32.1. The molecule has 0 saturated carbocycles. The first-order valence-electron chi connectivity index (χ1n) is 10.2. The van der Waals surface area contributed by atoms with Crippen molar-refractivity contribution in [1.29, 1.82) is 0 Å². The molecule has 0 aliphatic rings. The van der Waals surface area contributed by atoms with E-state index in [0.717, 1.165) is 21.1 Å². The van der Waals surface area contributed by atoms with E-state index < -0.39 is 5.82 Å². The van der Waals surface area contributed by atoms with Crippen molar-refractivity contribution in [3.05, 3.63) is 67.0 Å². The second kappa shape index (κ2) is 8.83. The van der Waals surface area contributed by atoms with E-state index in [-0.39, 0.29) is 11.7 Å². The highest BCUT2D eigenvalue weighted by Gasteiger charge is 2.13. The molecule has 0 aliphatic heterocycles.